The van der Waals surface area contributed by atoms with Gasteiger partial charge in [0.2, 0.25) is 0 Å². The molecule has 1 aromatic carbocycles. The van der Waals surface area contributed by atoms with Gasteiger partial charge in [0, 0.05) is 18.6 Å². The highest BCUT2D eigenvalue weighted by atomic mass is 16.3. The van der Waals surface area contributed by atoms with Crippen molar-refractivity contribution in [3.63, 3.8) is 0 Å². The first-order chi connectivity index (χ1) is 8.97. The number of nitrogens with zero attached hydrogens (tertiary/aromatic N) is 2. The van der Waals surface area contributed by atoms with Gasteiger partial charge in [0.15, 0.2) is 0 Å². The largest absolute Gasteiger partial charge is 0.394 e. The third-order valence-corrected chi connectivity index (χ3v) is 3.48. The van der Waals surface area contributed by atoms with Gasteiger partial charge < -0.3 is 10.0 Å². The predicted molar refractivity (Wildman–Crippen MR) is 75.0 cm³/mol. The van der Waals surface area contributed by atoms with Gasteiger partial charge in [-0.1, -0.05) is 18.2 Å². The zero-order valence-electron chi connectivity index (χ0n) is 11.4. The number of hydrogen-bond acceptors (Lipinski definition) is 3. The van der Waals surface area contributed by atoms with Gasteiger partial charge in [0.1, 0.15) is 0 Å². The molecular formula is C15H18N2O2. The molecule has 0 saturated carbocycles. The fourth-order valence-electron chi connectivity index (χ4n) is 1.84. The second-order valence-corrected chi connectivity index (χ2v) is 5.21. The molecule has 0 unspecified atom stereocenters. The number of hydrogen-bond donors (Lipinski definition) is 1. The summed E-state index contributed by atoms with van der Waals surface area (Å²) in [7, 11) is 1.70. The number of likely N-dealkylation sites (N-methyl/N-ethyl adjacent to an activating group) is 1. The summed E-state index contributed by atoms with van der Waals surface area (Å²) in [4.78, 5) is 18.4. The number of rotatable bonds is 3. The Bertz CT molecular complexity index is 603. The molecule has 1 aromatic heterocycles. The van der Waals surface area contributed by atoms with E-state index in [1.54, 1.807) is 24.2 Å². The normalized spacial score (nSPS) is 11.6. The highest BCUT2D eigenvalue weighted by Gasteiger charge is 2.28. The molecule has 0 bridgehead atoms. The first-order valence-electron chi connectivity index (χ1n) is 6.20. The molecule has 4 heteroatoms. The van der Waals surface area contributed by atoms with Crippen LogP contribution in [0.4, 0.5) is 0 Å². The van der Waals surface area contributed by atoms with Crippen molar-refractivity contribution in [3.05, 3.63) is 42.1 Å². The molecular weight excluding hydrogens is 240 g/mol. The van der Waals surface area contributed by atoms with Gasteiger partial charge in [-0.3, -0.25) is 9.78 Å². The van der Waals surface area contributed by atoms with E-state index in [1.807, 2.05) is 38.1 Å². The quantitative estimate of drug-likeness (QED) is 0.917. The lowest BCUT2D eigenvalue weighted by atomic mass is 10.0. The number of carbonyl (C=O) groups excluding carboxylic acids is 1. The molecule has 19 heavy (non-hydrogen) atoms. The van der Waals surface area contributed by atoms with Crippen molar-refractivity contribution in [1.82, 2.24) is 9.88 Å². The molecule has 0 spiro atoms. The van der Waals surface area contributed by atoms with Crippen LogP contribution < -0.4 is 0 Å². The Balaban J connectivity index is 2.48. The smallest absolute Gasteiger partial charge is 0.254 e. The van der Waals surface area contributed by atoms with Gasteiger partial charge in [0.25, 0.3) is 5.91 Å². The maximum atomic E-state index is 12.6. The van der Waals surface area contributed by atoms with Gasteiger partial charge >= 0.3 is 0 Å². The molecule has 1 amide bonds. The van der Waals surface area contributed by atoms with Gasteiger partial charge in [-0.15, -0.1) is 0 Å². The number of fused-ring (bicyclic) bond motifs is 1. The molecule has 0 atom stereocenters. The van der Waals surface area contributed by atoms with E-state index in [4.69, 9.17) is 0 Å². The highest BCUT2D eigenvalue weighted by molar-refractivity contribution is 6.06. The zero-order chi connectivity index (χ0) is 14.0. The second-order valence-electron chi connectivity index (χ2n) is 5.21. The minimum atomic E-state index is -0.596. The minimum absolute atomic E-state index is 0.0851. The van der Waals surface area contributed by atoms with Crippen LogP contribution in [0.5, 0.6) is 0 Å². The van der Waals surface area contributed by atoms with Crippen LogP contribution in [-0.2, 0) is 0 Å². The molecule has 4 nitrogen and oxygen atoms in total. The standard InChI is InChI=1S/C15H18N2O2/c1-15(2,10-18)17(3)14(19)12-8-9-16-13-7-5-4-6-11(12)13/h4-9,18H,10H2,1-3H3. The van der Waals surface area contributed by atoms with E-state index in [9.17, 15) is 9.90 Å². The average Bonchev–Trinajstić information content (AvgIpc) is 2.45. The lowest BCUT2D eigenvalue weighted by molar-refractivity contribution is 0.0475. The number of aliphatic hydroxyl groups excluding tert-OH is 1. The summed E-state index contributed by atoms with van der Waals surface area (Å²) in [6.07, 6.45) is 1.63. The molecule has 2 rings (SSSR count). The first kappa shape index (κ1) is 13.5. The SMILES string of the molecule is CN(C(=O)c1ccnc2ccccc12)C(C)(C)CO. The molecule has 2 aromatic rings. The van der Waals surface area contributed by atoms with Gasteiger partial charge in [0.05, 0.1) is 23.2 Å². The Labute approximate surface area is 112 Å². The maximum Gasteiger partial charge on any atom is 0.254 e. The average molecular weight is 258 g/mol. The summed E-state index contributed by atoms with van der Waals surface area (Å²) in [5, 5.41) is 10.2. The fraction of sp³-hybridized carbons (Fsp3) is 0.333. The van der Waals surface area contributed by atoms with E-state index in [0.717, 1.165) is 10.9 Å². The third-order valence-electron chi connectivity index (χ3n) is 3.48. The number of aromatic nitrogens is 1. The lowest BCUT2D eigenvalue weighted by Crippen LogP contribution is -2.47. The van der Waals surface area contributed by atoms with Crippen molar-refractivity contribution >= 4 is 16.8 Å². The van der Waals surface area contributed by atoms with E-state index in [-0.39, 0.29) is 12.5 Å². The van der Waals surface area contributed by atoms with Crippen LogP contribution in [0.2, 0.25) is 0 Å². The summed E-state index contributed by atoms with van der Waals surface area (Å²) in [5.74, 6) is -0.113. The lowest BCUT2D eigenvalue weighted by Gasteiger charge is -2.34. The van der Waals surface area contributed by atoms with Crippen molar-refractivity contribution in [2.24, 2.45) is 0 Å². The van der Waals surface area contributed by atoms with E-state index in [2.05, 4.69) is 4.98 Å². The van der Waals surface area contributed by atoms with Crippen molar-refractivity contribution in [3.8, 4) is 0 Å². The van der Waals surface area contributed by atoms with Gasteiger partial charge in [-0.25, -0.2) is 0 Å². The summed E-state index contributed by atoms with van der Waals surface area (Å²) >= 11 is 0. The molecule has 1 N–H and O–H groups in total. The van der Waals surface area contributed by atoms with Gasteiger partial charge in [-0.2, -0.15) is 0 Å². The first-order valence-corrected chi connectivity index (χ1v) is 6.20. The highest BCUT2D eigenvalue weighted by Crippen LogP contribution is 2.21. The van der Waals surface area contributed by atoms with Crippen LogP contribution >= 0.6 is 0 Å². The Morgan fingerprint density at radius 2 is 2.00 bits per heavy atom. The number of pyridine rings is 1. The van der Waals surface area contributed by atoms with Crippen molar-refractivity contribution in [1.29, 1.82) is 0 Å². The van der Waals surface area contributed by atoms with Crippen molar-refractivity contribution in [2.75, 3.05) is 13.7 Å². The minimum Gasteiger partial charge on any atom is -0.394 e. The van der Waals surface area contributed by atoms with E-state index in [1.165, 1.54) is 0 Å². The van der Waals surface area contributed by atoms with Crippen molar-refractivity contribution in [2.45, 2.75) is 19.4 Å². The zero-order valence-corrected chi connectivity index (χ0v) is 11.4. The third kappa shape index (κ3) is 2.44. The molecule has 0 aliphatic heterocycles. The van der Waals surface area contributed by atoms with E-state index >= 15 is 0 Å². The number of aliphatic hydroxyl groups is 1. The molecule has 0 aliphatic rings. The number of carbonyl (C=O) groups is 1. The molecule has 0 aliphatic carbocycles. The molecule has 100 valence electrons. The second kappa shape index (κ2) is 4.97. The summed E-state index contributed by atoms with van der Waals surface area (Å²) < 4.78 is 0. The molecule has 1 heterocycles. The Morgan fingerprint density at radius 3 is 2.68 bits per heavy atom. The number of para-hydroxylation sites is 1. The molecule has 0 radical (unpaired) electrons. The van der Waals surface area contributed by atoms with Crippen LogP contribution in [0.25, 0.3) is 10.9 Å². The van der Waals surface area contributed by atoms with Crippen molar-refractivity contribution < 1.29 is 9.90 Å². The Morgan fingerprint density at radius 1 is 1.32 bits per heavy atom. The topological polar surface area (TPSA) is 53.4 Å². The monoisotopic (exact) mass is 258 g/mol. The van der Waals surface area contributed by atoms with Crippen LogP contribution in [0.15, 0.2) is 36.5 Å². The fourth-order valence-corrected chi connectivity index (χ4v) is 1.84. The van der Waals surface area contributed by atoms with Crippen LogP contribution in [0.3, 0.4) is 0 Å². The Kier molecular flexibility index (Phi) is 3.53. The van der Waals surface area contributed by atoms with E-state index < -0.39 is 5.54 Å². The molecule has 0 fully saturated rings. The van der Waals surface area contributed by atoms with E-state index in [0.29, 0.717) is 5.56 Å². The Hall–Kier alpha value is -1.94. The van der Waals surface area contributed by atoms with Crippen LogP contribution in [-0.4, -0.2) is 40.1 Å². The number of benzene rings is 1. The summed E-state index contributed by atoms with van der Waals surface area (Å²) in [6, 6.07) is 9.26. The van der Waals surface area contributed by atoms with Crippen LogP contribution in [0, 0.1) is 0 Å². The van der Waals surface area contributed by atoms with Crippen LogP contribution in [0.1, 0.15) is 24.2 Å². The predicted octanol–water partition coefficient (Wildman–Crippen LogP) is 2.08. The summed E-state index contributed by atoms with van der Waals surface area (Å²) in [6.45, 7) is 3.57. The number of amides is 1. The maximum absolute atomic E-state index is 12.6. The van der Waals surface area contributed by atoms with Gasteiger partial charge in [-0.05, 0) is 26.0 Å². The summed E-state index contributed by atoms with van der Waals surface area (Å²) in [5.41, 5.74) is 0.805. The molecule has 0 saturated heterocycles.